The Labute approximate surface area is 88.1 Å². The lowest BCUT2D eigenvalue weighted by atomic mass is 9.94. The van der Waals surface area contributed by atoms with E-state index in [-0.39, 0.29) is 0 Å². The first-order chi connectivity index (χ1) is 6.34. The highest BCUT2D eigenvalue weighted by Gasteiger charge is 2.14. The summed E-state index contributed by atoms with van der Waals surface area (Å²) in [5, 5.41) is 6.31. The molecule has 0 saturated carbocycles. The summed E-state index contributed by atoms with van der Waals surface area (Å²) in [5.41, 5.74) is 0. The smallest absolute Gasteiger partial charge is 0.0515 e. The van der Waals surface area contributed by atoms with Crippen molar-refractivity contribution in [1.82, 2.24) is 5.32 Å². The van der Waals surface area contributed by atoms with E-state index in [1.165, 1.54) is 37.2 Å². The maximum Gasteiger partial charge on any atom is 0.0515 e. The molecular weight excluding hydrogens is 202 g/mol. The Kier molecular flexibility index (Phi) is 3.25. The maximum atomic E-state index is 5.88. The van der Waals surface area contributed by atoms with Crippen molar-refractivity contribution >= 4 is 22.9 Å². The Hall–Kier alpha value is -0.0500. The molecule has 1 aliphatic heterocycles. The van der Waals surface area contributed by atoms with E-state index in [9.17, 15) is 0 Å². The molecule has 0 aromatic carbocycles. The van der Waals surface area contributed by atoms with E-state index in [0.29, 0.717) is 0 Å². The third-order valence-corrected chi connectivity index (χ3v) is 3.88. The molecule has 2 rings (SSSR count). The fourth-order valence-electron chi connectivity index (χ4n) is 1.83. The number of piperidine rings is 1. The Morgan fingerprint density at radius 2 is 2.23 bits per heavy atom. The topological polar surface area (TPSA) is 12.0 Å². The minimum absolute atomic E-state index is 0.871. The average Bonchev–Trinajstić information content (AvgIpc) is 2.53. The van der Waals surface area contributed by atoms with Gasteiger partial charge in [0.25, 0.3) is 0 Å². The van der Waals surface area contributed by atoms with Crippen molar-refractivity contribution < 1.29 is 0 Å². The van der Waals surface area contributed by atoms with Gasteiger partial charge in [0, 0.05) is 10.3 Å². The van der Waals surface area contributed by atoms with Gasteiger partial charge >= 0.3 is 0 Å². The highest BCUT2D eigenvalue weighted by molar-refractivity contribution is 7.10. The molecule has 1 fully saturated rings. The molecule has 0 spiro atoms. The average molecular weight is 216 g/mol. The summed E-state index contributed by atoms with van der Waals surface area (Å²) in [4.78, 5) is 1.44. The van der Waals surface area contributed by atoms with Crippen molar-refractivity contribution in [2.45, 2.75) is 19.3 Å². The molecule has 13 heavy (non-hydrogen) atoms. The van der Waals surface area contributed by atoms with E-state index in [0.717, 1.165) is 10.9 Å². The van der Waals surface area contributed by atoms with E-state index in [1.54, 1.807) is 11.3 Å². The van der Waals surface area contributed by atoms with E-state index in [2.05, 4.69) is 11.4 Å². The van der Waals surface area contributed by atoms with Crippen molar-refractivity contribution in [1.29, 1.82) is 0 Å². The highest BCUT2D eigenvalue weighted by atomic mass is 35.5. The van der Waals surface area contributed by atoms with Gasteiger partial charge in [-0.25, -0.2) is 0 Å². The number of halogens is 1. The van der Waals surface area contributed by atoms with Gasteiger partial charge in [0.05, 0.1) is 5.02 Å². The summed E-state index contributed by atoms with van der Waals surface area (Å²) < 4.78 is 0. The van der Waals surface area contributed by atoms with Crippen molar-refractivity contribution in [3.8, 4) is 0 Å². The van der Waals surface area contributed by atoms with Crippen molar-refractivity contribution in [3.05, 3.63) is 21.3 Å². The molecule has 1 aromatic rings. The Bertz CT molecular complexity index is 266. The summed E-state index contributed by atoms with van der Waals surface area (Å²) in [6.07, 6.45) is 3.85. The lowest BCUT2D eigenvalue weighted by Crippen LogP contribution is -2.28. The molecule has 0 atom stereocenters. The largest absolute Gasteiger partial charge is 0.317 e. The second kappa shape index (κ2) is 4.45. The fourth-order valence-corrected chi connectivity index (χ4v) is 3.02. The van der Waals surface area contributed by atoms with Gasteiger partial charge in [0.2, 0.25) is 0 Å². The van der Waals surface area contributed by atoms with Gasteiger partial charge in [-0.2, -0.15) is 0 Å². The summed E-state index contributed by atoms with van der Waals surface area (Å²) in [6.45, 7) is 2.37. The van der Waals surface area contributed by atoms with Crippen LogP contribution in [0.2, 0.25) is 5.02 Å². The Balaban J connectivity index is 1.89. The van der Waals surface area contributed by atoms with Crippen LogP contribution in [0, 0.1) is 5.92 Å². The van der Waals surface area contributed by atoms with E-state index < -0.39 is 0 Å². The van der Waals surface area contributed by atoms with Crippen LogP contribution in [0.25, 0.3) is 0 Å². The number of hydrogen-bond donors (Lipinski definition) is 1. The molecule has 72 valence electrons. The van der Waals surface area contributed by atoms with Gasteiger partial charge in [-0.1, -0.05) is 11.6 Å². The van der Waals surface area contributed by atoms with Crippen LogP contribution in [0.5, 0.6) is 0 Å². The Morgan fingerprint density at radius 3 is 2.85 bits per heavy atom. The van der Waals surface area contributed by atoms with Crippen molar-refractivity contribution in [2.24, 2.45) is 5.92 Å². The van der Waals surface area contributed by atoms with E-state index in [1.807, 2.05) is 5.38 Å². The normalized spacial score (nSPS) is 19.2. The van der Waals surface area contributed by atoms with Gasteiger partial charge in [0.1, 0.15) is 0 Å². The summed E-state index contributed by atoms with van der Waals surface area (Å²) in [5.74, 6) is 0.871. The molecule has 3 heteroatoms. The number of hydrogen-bond acceptors (Lipinski definition) is 2. The van der Waals surface area contributed by atoms with Crippen LogP contribution in [0.4, 0.5) is 0 Å². The van der Waals surface area contributed by atoms with E-state index in [4.69, 9.17) is 11.6 Å². The highest BCUT2D eigenvalue weighted by Crippen LogP contribution is 2.25. The molecule has 1 aliphatic rings. The molecule has 1 aromatic heterocycles. The van der Waals surface area contributed by atoms with Gasteiger partial charge < -0.3 is 5.32 Å². The maximum absolute atomic E-state index is 5.88. The molecule has 0 amide bonds. The first kappa shape index (κ1) is 9.50. The van der Waals surface area contributed by atoms with Gasteiger partial charge in [0.15, 0.2) is 0 Å². The zero-order chi connectivity index (χ0) is 9.10. The van der Waals surface area contributed by atoms with Crippen LogP contribution in [0.1, 0.15) is 17.7 Å². The first-order valence-corrected chi connectivity index (χ1v) is 6.04. The second-order valence-corrected chi connectivity index (χ2v) is 5.06. The molecule has 0 aliphatic carbocycles. The predicted octanol–water partition coefficient (Wildman–Crippen LogP) is 2.94. The standard InChI is InChI=1S/C10H14ClNS/c11-9-6-10(13-7-9)5-8-1-3-12-4-2-8/h6-8,12H,1-5H2. The van der Waals surface area contributed by atoms with Crippen LogP contribution in [0.15, 0.2) is 11.4 Å². The van der Waals surface area contributed by atoms with Gasteiger partial charge in [-0.15, -0.1) is 11.3 Å². The van der Waals surface area contributed by atoms with Crippen molar-refractivity contribution in [3.63, 3.8) is 0 Å². The van der Waals surface area contributed by atoms with E-state index >= 15 is 0 Å². The van der Waals surface area contributed by atoms with Crippen LogP contribution in [-0.4, -0.2) is 13.1 Å². The third kappa shape index (κ3) is 2.70. The summed E-state index contributed by atoms with van der Waals surface area (Å²) >= 11 is 7.67. The van der Waals surface area contributed by atoms with Crippen molar-refractivity contribution in [2.75, 3.05) is 13.1 Å². The van der Waals surface area contributed by atoms with Gasteiger partial charge in [-0.3, -0.25) is 0 Å². The summed E-state index contributed by atoms with van der Waals surface area (Å²) in [7, 11) is 0. The summed E-state index contributed by atoms with van der Waals surface area (Å²) in [6, 6.07) is 2.11. The first-order valence-electron chi connectivity index (χ1n) is 4.78. The minimum Gasteiger partial charge on any atom is -0.317 e. The lowest BCUT2D eigenvalue weighted by Gasteiger charge is -2.21. The van der Waals surface area contributed by atoms with Crippen LogP contribution in [0.3, 0.4) is 0 Å². The van der Waals surface area contributed by atoms with Gasteiger partial charge in [-0.05, 0) is 44.3 Å². The SMILES string of the molecule is Clc1csc(CC2CCNCC2)c1. The zero-order valence-corrected chi connectivity index (χ0v) is 9.13. The molecule has 1 nitrogen and oxygen atoms in total. The molecule has 0 radical (unpaired) electrons. The molecule has 0 unspecified atom stereocenters. The zero-order valence-electron chi connectivity index (χ0n) is 7.55. The molecule has 1 N–H and O–H groups in total. The lowest BCUT2D eigenvalue weighted by molar-refractivity contribution is 0.374. The van der Waals surface area contributed by atoms with Crippen LogP contribution >= 0.6 is 22.9 Å². The van der Waals surface area contributed by atoms with Crippen LogP contribution in [-0.2, 0) is 6.42 Å². The third-order valence-electron chi connectivity index (χ3n) is 2.57. The number of nitrogens with one attached hydrogen (secondary N) is 1. The molecule has 0 bridgehead atoms. The fraction of sp³-hybridized carbons (Fsp3) is 0.600. The monoisotopic (exact) mass is 215 g/mol. The number of thiophene rings is 1. The second-order valence-electron chi connectivity index (χ2n) is 3.63. The number of rotatable bonds is 2. The molecular formula is C10H14ClNS. The Morgan fingerprint density at radius 1 is 1.46 bits per heavy atom. The molecule has 2 heterocycles. The minimum atomic E-state index is 0.871. The quantitative estimate of drug-likeness (QED) is 0.800. The predicted molar refractivity (Wildman–Crippen MR) is 58.6 cm³/mol. The molecule has 1 saturated heterocycles. The van der Waals surface area contributed by atoms with Crippen LogP contribution < -0.4 is 5.32 Å².